The van der Waals surface area contributed by atoms with E-state index in [0.29, 0.717) is 0 Å². The van der Waals surface area contributed by atoms with Crippen LogP contribution in [-0.2, 0) is 4.79 Å². The third-order valence-electron chi connectivity index (χ3n) is 2.58. The summed E-state index contributed by atoms with van der Waals surface area (Å²) in [4.78, 5) is 10.9. The van der Waals surface area contributed by atoms with Crippen molar-refractivity contribution in [3.05, 3.63) is 35.6 Å². The number of carbonyl (C=O) groups excluding carboxylic acids is 1. The standard InChI is InChI=1S/C12H16FNO/c1-8(9(2)14-10(3)15)11-4-6-12(13)7-5-11/h4-9H,1-3H3,(H,14,15). The molecule has 0 bridgehead atoms. The van der Waals surface area contributed by atoms with Crippen LogP contribution in [0, 0.1) is 5.82 Å². The van der Waals surface area contributed by atoms with E-state index in [1.54, 1.807) is 12.1 Å². The summed E-state index contributed by atoms with van der Waals surface area (Å²) in [5, 5.41) is 2.82. The highest BCUT2D eigenvalue weighted by molar-refractivity contribution is 5.73. The molecule has 0 aliphatic rings. The number of carbonyl (C=O) groups is 1. The SMILES string of the molecule is CC(=O)NC(C)C(C)c1ccc(F)cc1. The van der Waals surface area contributed by atoms with Gasteiger partial charge in [-0.25, -0.2) is 4.39 Å². The molecule has 1 aromatic rings. The number of hydrogen-bond acceptors (Lipinski definition) is 1. The van der Waals surface area contributed by atoms with Gasteiger partial charge in [0.25, 0.3) is 0 Å². The van der Waals surface area contributed by atoms with Crippen molar-refractivity contribution in [3.8, 4) is 0 Å². The van der Waals surface area contributed by atoms with Crippen LogP contribution in [0.4, 0.5) is 4.39 Å². The Kier molecular flexibility index (Phi) is 3.83. The molecule has 0 aliphatic heterocycles. The van der Waals surface area contributed by atoms with Crippen molar-refractivity contribution in [3.63, 3.8) is 0 Å². The van der Waals surface area contributed by atoms with Crippen LogP contribution < -0.4 is 5.32 Å². The van der Waals surface area contributed by atoms with E-state index in [2.05, 4.69) is 5.32 Å². The second-order valence-electron chi connectivity index (χ2n) is 3.83. The monoisotopic (exact) mass is 209 g/mol. The summed E-state index contributed by atoms with van der Waals surface area (Å²) in [5.41, 5.74) is 1.03. The van der Waals surface area contributed by atoms with Gasteiger partial charge in [0.1, 0.15) is 5.82 Å². The molecule has 0 aliphatic carbocycles. The number of nitrogens with one attached hydrogen (secondary N) is 1. The van der Waals surface area contributed by atoms with Gasteiger partial charge >= 0.3 is 0 Å². The van der Waals surface area contributed by atoms with Gasteiger partial charge in [-0.3, -0.25) is 4.79 Å². The number of rotatable bonds is 3. The molecule has 0 radical (unpaired) electrons. The molecule has 2 atom stereocenters. The minimum absolute atomic E-state index is 0.0449. The maximum absolute atomic E-state index is 12.7. The summed E-state index contributed by atoms with van der Waals surface area (Å²) in [7, 11) is 0. The highest BCUT2D eigenvalue weighted by atomic mass is 19.1. The largest absolute Gasteiger partial charge is 0.353 e. The molecule has 1 rings (SSSR count). The fraction of sp³-hybridized carbons (Fsp3) is 0.417. The third kappa shape index (κ3) is 3.35. The second kappa shape index (κ2) is 4.91. The molecule has 0 spiro atoms. The Balaban J connectivity index is 2.71. The molecule has 0 heterocycles. The lowest BCUT2D eigenvalue weighted by atomic mass is 9.94. The molecule has 0 saturated heterocycles. The van der Waals surface area contributed by atoms with E-state index in [4.69, 9.17) is 0 Å². The molecule has 3 heteroatoms. The minimum Gasteiger partial charge on any atom is -0.353 e. The van der Waals surface area contributed by atoms with Crippen molar-refractivity contribution in [2.45, 2.75) is 32.7 Å². The van der Waals surface area contributed by atoms with Gasteiger partial charge in [0, 0.05) is 18.9 Å². The molecule has 82 valence electrons. The van der Waals surface area contributed by atoms with Crippen molar-refractivity contribution < 1.29 is 9.18 Å². The van der Waals surface area contributed by atoms with Crippen LogP contribution in [0.15, 0.2) is 24.3 Å². The molecular formula is C12H16FNO. The first kappa shape index (κ1) is 11.7. The Morgan fingerprint density at radius 3 is 2.27 bits per heavy atom. The van der Waals surface area contributed by atoms with Crippen LogP contribution in [0.3, 0.4) is 0 Å². The molecule has 0 fully saturated rings. The van der Waals surface area contributed by atoms with Gasteiger partial charge in [-0.2, -0.15) is 0 Å². The van der Waals surface area contributed by atoms with E-state index in [1.165, 1.54) is 19.1 Å². The van der Waals surface area contributed by atoms with Crippen molar-refractivity contribution in [1.82, 2.24) is 5.32 Å². The van der Waals surface area contributed by atoms with Gasteiger partial charge in [0.05, 0.1) is 0 Å². The zero-order valence-corrected chi connectivity index (χ0v) is 9.25. The van der Waals surface area contributed by atoms with Gasteiger partial charge in [-0.05, 0) is 24.6 Å². The van der Waals surface area contributed by atoms with Crippen molar-refractivity contribution in [2.24, 2.45) is 0 Å². The van der Waals surface area contributed by atoms with Crippen molar-refractivity contribution >= 4 is 5.91 Å². The zero-order valence-electron chi connectivity index (χ0n) is 9.25. The molecular weight excluding hydrogens is 193 g/mol. The van der Waals surface area contributed by atoms with E-state index in [1.807, 2.05) is 13.8 Å². The fourth-order valence-corrected chi connectivity index (χ4v) is 1.50. The van der Waals surface area contributed by atoms with Gasteiger partial charge in [0.15, 0.2) is 0 Å². The molecule has 1 amide bonds. The van der Waals surface area contributed by atoms with Gasteiger partial charge in [-0.1, -0.05) is 19.1 Å². The summed E-state index contributed by atoms with van der Waals surface area (Å²) >= 11 is 0. The van der Waals surface area contributed by atoms with E-state index in [-0.39, 0.29) is 23.7 Å². The molecule has 0 aromatic heterocycles. The third-order valence-corrected chi connectivity index (χ3v) is 2.58. The first-order valence-electron chi connectivity index (χ1n) is 5.03. The average Bonchev–Trinajstić information content (AvgIpc) is 2.17. The Hall–Kier alpha value is -1.38. The normalized spacial score (nSPS) is 14.4. The highest BCUT2D eigenvalue weighted by Crippen LogP contribution is 2.19. The number of amides is 1. The van der Waals surface area contributed by atoms with Gasteiger partial charge < -0.3 is 5.32 Å². The summed E-state index contributed by atoms with van der Waals surface area (Å²) in [6.07, 6.45) is 0. The van der Waals surface area contributed by atoms with Crippen LogP contribution in [0.2, 0.25) is 0 Å². The van der Waals surface area contributed by atoms with E-state index < -0.39 is 0 Å². The Bertz CT molecular complexity index is 334. The number of halogens is 1. The number of benzene rings is 1. The molecule has 0 saturated carbocycles. The molecule has 2 unspecified atom stereocenters. The van der Waals surface area contributed by atoms with E-state index >= 15 is 0 Å². The van der Waals surface area contributed by atoms with E-state index in [9.17, 15) is 9.18 Å². The topological polar surface area (TPSA) is 29.1 Å². The lowest BCUT2D eigenvalue weighted by molar-refractivity contribution is -0.119. The minimum atomic E-state index is -0.238. The molecule has 15 heavy (non-hydrogen) atoms. The maximum Gasteiger partial charge on any atom is 0.217 e. The first-order chi connectivity index (χ1) is 7.00. The highest BCUT2D eigenvalue weighted by Gasteiger charge is 2.14. The Morgan fingerprint density at radius 1 is 1.27 bits per heavy atom. The molecule has 2 nitrogen and oxygen atoms in total. The smallest absolute Gasteiger partial charge is 0.217 e. The van der Waals surface area contributed by atoms with Crippen molar-refractivity contribution in [2.75, 3.05) is 0 Å². The van der Waals surface area contributed by atoms with Gasteiger partial charge in [-0.15, -0.1) is 0 Å². The quantitative estimate of drug-likeness (QED) is 0.814. The van der Waals surface area contributed by atoms with Crippen molar-refractivity contribution in [1.29, 1.82) is 0 Å². The Labute approximate surface area is 89.5 Å². The zero-order chi connectivity index (χ0) is 11.4. The second-order valence-corrected chi connectivity index (χ2v) is 3.83. The van der Waals surface area contributed by atoms with Crippen LogP contribution in [0.1, 0.15) is 32.3 Å². The predicted molar refractivity (Wildman–Crippen MR) is 58.1 cm³/mol. The maximum atomic E-state index is 12.7. The summed E-state index contributed by atoms with van der Waals surface area (Å²) in [6, 6.07) is 6.42. The fourth-order valence-electron chi connectivity index (χ4n) is 1.50. The molecule has 1 N–H and O–H groups in total. The van der Waals surface area contributed by atoms with Crippen LogP contribution >= 0.6 is 0 Å². The average molecular weight is 209 g/mol. The molecule has 1 aromatic carbocycles. The van der Waals surface area contributed by atoms with Crippen LogP contribution in [0.25, 0.3) is 0 Å². The predicted octanol–water partition coefficient (Wildman–Crippen LogP) is 2.45. The Morgan fingerprint density at radius 2 is 1.80 bits per heavy atom. The summed E-state index contributed by atoms with van der Waals surface area (Å²) in [6.45, 7) is 5.44. The lowest BCUT2D eigenvalue weighted by Gasteiger charge is -2.20. The van der Waals surface area contributed by atoms with Crippen LogP contribution in [-0.4, -0.2) is 11.9 Å². The van der Waals surface area contributed by atoms with Gasteiger partial charge in [0.2, 0.25) is 5.91 Å². The lowest BCUT2D eigenvalue weighted by Crippen LogP contribution is -2.34. The first-order valence-corrected chi connectivity index (χ1v) is 5.03. The summed E-state index contributed by atoms with van der Waals surface area (Å²) < 4.78 is 12.7. The summed E-state index contributed by atoms with van der Waals surface area (Å²) in [5.74, 6) is -0.107. The number of hydrogen-bond donors (Lipinski definition) is 1. The van der Waals surface area contributed by atoms with Crippen LogP contribution in [0.5, 0.6) is 0 Å². The van der Waals surface area contributed by atoms with E-state index in [0.717, 1.165) is 5.56 Å².